The molecule has 0 spiro atoms. The second kappa shape index (κ2) is 3.61. The van der Waals surface area contributed by atoms with Crippen LogP contribution in [0.5, 0.6) is 0 Å². The summed E-state index contributed by atoms with van der Waals surface area (Å²) in [6, 6.07) is 5.76. The van der Waals surface area contributed by atoms with Gasteiger partial charge in [-0.15, -0.1) is 10.2 Å². The van der Waals surface area contributed by atoms with E-state index in [1.807, 2.05) is 24.4 Å². The highest BCUT2D eigenvalue weighted by Crippen LogP contribution is 2.23. The van der Waals surface area contributed by atoms with Crippen LogP contribution in [-0.4, -0.2) is 25.6 Å². The smallest absolute Gasteiger partial charge is 0.178 e. The summed E-state index contributed by atoms with van der Waals surface area (Å²) in [5.41, 5.74) is 2.15. The first-order chi connectivity index (χ1) is 7.83. The van der Waals surface area contributed by atoms with E-state index < -0.39 is 0 Å². The summed E-state index contributed by atoms with van der Waals surface area (Å²) >= 11 is 5.91. The Kier molecular flexibility index (Phi) is 2.11. The van der Waals surface area contributed by atoms with Gasteiger partial charge in [0.15, 0.2) is 5.82 Å². The number of hydrogen-bond acceptors (Lipinski definition) is 3. The zero-order valence-electron chi connectivity index (χ0n) is 8.24. The molecule has 0 fully saturated rings. The van der Waals surface area contributed by atoms with Gasteiger partial charge in [0.2, 0.25) is 0 Å². The summed E-state index contributed by atoms with van der Waals surface area (Å²) in [7, 11) is 0. The van der Waals surface area contributed by atoms with Crippen LogP contribution < -0.4 is 0 Å². The highest BCUT2D eigenvalue weighted by atomic mass is 35.5. The number of rotatable bonds is 2. The van der Waals surface area contributed by atoms with Gasteiger partial charge in [-0.2, -0.15) is 5.21 Å². The largest absolute Gasteiger partial charge is 0.361 e. The summed E-state index contributed by atoms with van der Waals surface area (Å²) in [5, 5.41) is 15.7. The molecule has 16 heavy (non-hydrogen) atoms. The zero-order chi connectivity index (χ0) is 11.0. The van der Waals surface area contributed by atoms with Crippen molar-refractivity contribution in [3.8, 4) is 0 Å². The Morgan fingerprint density at radius 3 is 3.06 bits per heavy atom. The molecule has 0 aliphatic carbocycles. The van der Waals surface area contributed by atoms with Crippen LogP contribution >= 0.6 is 11.6 Å². The molecule has 0 atom stereocenters. The minimum Gasteiger partial charge on any atom is -0.361 e. The lowest BCUT2D eigenvalue weighted by atomic mass is 10.1. The molecular formula is C10H8ClN5. The van der Waals surface area contributed by atoms with E-state index in [9.17, 15) is 0 Å². The van der Waals surface area contributed by atoms with Crippen molar-refractivity contribution in [1.82, 2.24) is 25.6 Å². The van der Waals surface area contributed by atoms with Crippen molar-refractivity contribution in [2.75, 3.05) is 0 Å². The van der Waals surface area contributed by atoms with Gasteiger partial charge in [0.1, 0.15) is 0 Å². The van der Waals surface area contributed by atoms with Gasteiger partial charge in [-0.1, -0.05) is 22.9 Å². The van der Waals surface area contributed by atoms with Gasteiger partial charge >= 0.3 is 0 Å². The molecule has 6 heteroatoms. The van der Waals surface area contributed by atoms with E-state index in [-0.39, 0.29) is 0 Å². The molecule has 0 saturated heterocycles. The SMILES string of the molecule is Clc1ccc2c(Cc3nn[nH]n3)c[nH]c2c1. The number of hydrogen-bond donors (Lipinski definition) is 2. The lowest BCUT2D eigenvalue weighted by Gasteiger charge is -1.95. The van der Waals surface area contributed by atoms with Crippen LogP contribution in [0.2, 0.25) is 5.02 Å². The second-order valence-corrected chi connectivity index (χ2v) is 3.95. The third-order valence-corrected chi connectivity index (χ3v) is 2.70. The number of tetrazole rings is 1. The molecule has 80 valence electrons. The fourth-order valence-electron chi connectivity index (χ4n) is 1.73. The number of fused-ring (bicyclic) bond motifs is 1. The molecule has 0 amide bonds. The molecule has 2 N–H and O–H groups in total. The van der Waals surface area contributed by atoms with Crippen LogP contribution in [0.1, 0.15) is 11.4 Å². The minimum absolute atomic E-state index is 0.651. The molecule has 0 aliphatic heterocycles. The van der Waals surface area contributed by atoms with Crippen molar-refractivity contribution in [3.05, 3.63) is 40.8 Å². The molecule has 0 aliphatic rings. The quantitative estimate of drug-likeness (QED) is 0.711. The average molecular weight is 234 g/mol. The molecule has 0 unspecified atom stereocenters. The molecule has 0 radical (unpaired) electrons. The summed E-state index contributed by atoms with van der Waals surface area (Å²) in [4.78, 5) is 3.17. The number of nitrogens with one attached hydrogen (secondary N) is 2. The van der Waals surface area contributed by atoms with E-state index in [0.717, 1.165) is 21.5 Å². The van der Waals surface area contributed by atoms with Crippen LogP contribution in [0.3, 0.4) is 0 Å². The highest BCUT2D eigenvalue weighted by molar-refractivity contribution is 6.31. The van der Waals surface area contributed by atoms with Gasteiger partial charge < -0.3 is 4.98 Å². The maximum Gasteiger partial charge on any atom is 0.178 e. The summed E-state index contributed by atoms with van der Waals surface area (Å²) in [6.07, 6.45) is 2.59. The lowest BCUT2D eigenvalue weighted by Crippen LogP contribution is -1.89. The average Bonchev–Trinajstić information content (AvgIpc) is 2.89. The van der Waals surface area contributed by atoms with Crippen LogP contribution in [0.25, 0.3) is 10.9 Å². The zero-order valence-corrected chi connectivity index (χ0v) is 8.99. The maximum atomic E-state index is 5.91. The Morgan fingerprint density at radius 1 is 1.31 bits per heavy atom. The highest BCUT2D eigenvalue weighted by Gasteiger charge is 2.07. The lowest BCUT2D eigenvalue weighted by molar-refractivity contribution is 0.881. The molecule has 0 bridgehead atoms. The van der Waals surface area contributed by atoms with Crippen molar-refractivity contribution >= 4 is 22.5 Å². The van der Waals surface area contributed by atoms with Gasteiger partial charge in [-0.25, -0.2) is 0 Å². The van der Waals surface area contributed by atoms with E-state index in [2.05, 4.69) is 25.6 Å². The third-order valence-electron chi connectivity index (χ3n) is 2.47. The standard InChI is InChI=1S/C10H8ClN5/c11-7-1-2-8-6(5-12-9(8)4-7)3-10-13-15-16-14-10/h1-2,4-5,12H,3H2,(H,13,14,15,16). The fourth-order valence-corrected chi connectivity index (χ4v) is 1.90. The number of aromatic nitrogens is 5. The number of H-pyrrole nitrogens is 2. The predicted molar refractivity (Wildman–Crippen MR) is 60.3 cm³/mol. The Balaban J connectivity index is 2.04. The van der Waals surface area contributed by atoms with Gasteiger partial charge in [-0.05, 0) is 17.7 Å². The molecule has 3 rings (SSSR count). The number of benzene rings is 1. The van der Waals surface area contributed by atoms with Gasteiger partial charge in [0.25, 0.3) is 0 Å². The Hall–Kier alpha value is -1.88. The Bertz CT molecular complexity index is 613. The van der Waals surface area contributed by atoms with E-state index in [1.54, 1.807) is 0 Å². The normalized spacial score (nSPS) is 11.1. The molecule has 1 aromatic carbocycles. The first-order valence-electron chi connectivity index (χ1n) is 4.81. The first-order valence-corrected chi connectivity index (χ1v) is 5.18. The van der Waals surface area contributed by atoms with E-state index in [0.29, 0.717) is 12.2 Å². The molecule has 3 aromatic rings. The van der Waals surface area contributed by atoms with Crippen molar-refractivity contribution in [2.45, 2.75) is 6.42 Å². The summed E-state index contributed by atoms with van der Waals surface area (Å²) in [6.45, 7) is 0. The maximum absolute atomic E-state index is 5.91. The van der Waals surface area contributed by atoms with Gasteiger partial charge in [0.05, 0.1) is 0 Å². The number of halogens is 1. The van der Waals surface area contributed by atoms with Crippen LogP contribution in [0.15, 0.2) is 24.4 Å². The minimum atomic E-state index is 0.651. The Morgan fingerprint density at radius 2 is 2.25 bits per heavy atom. The van der Waals surface area contributed by atoms with Crippen molar-refractivity contribution in [1.29, 1.82) is 0 Å². The molecule has 0 saturated carbocycles. The summed E-state index contributed by atoms with van der Waals surface area (Å²) < 4.78 is 0. The fraction of sp³-hybridized carbons (Fsp3) is 0.100. The van der Waals surface area contributed by atoms with Crippen LogP contribution in [0, 0.1) is 0 Å². The number of aromatic amines is 2. The third kappa shape index (κ3) is 1.55. The second-order valence-electron chi connectivity index (χ2n) is 3.51. The van der Waals surface area contributed by atoms with Gasteiger partial charge in [-0.3, -0.25) is 0 Å². The van der Waals surface area contributed by atoms with E-state index in [4.69, 9.17) is 11.6 Å². The molecular weight excluding hydrogens is 226 g/mol. The molecule has 2 aromatic heterocycles. The van der Waals surface area contributed by atoms with Gasteiger partial charge in [0, 0.05) is 28.5 Å². The van der Waals surface area contributed by atoms with Crippen molar-refractivity contribution in [2.24, 2.45) is 0 Å². The van der Waals surface area contributed by atoms with Crippen molar-refractivity contribution in [3.63, 3.8) is 0 Å². The van der Waals surface area contributed by atoms with Crippen LogP contribution in [0.4, 0.5) is 0 Å². The van der Waals surface area contributed by atoms with Crippen LogP contribution in [-0.2, 0) is 6.42 Å². The summed E-state index contributed by atoms with van der Waals surface area (Å²) in [5.74, 6) is 0.677. The predicted octanol–water partition coefficient (Wildman–Crippen LogP) is 1.93. The van der Waals surface area contributed by atoms with E-state index in [1.165, 1.54) is 0 Å². The topological polar surface area (TPSA) is 70.2 Å². The van der Waals surface area contributed by atoms with E-state index >= 15 is 0 Å². The molecule has 2 heterocycles. The monoisotopic (exact) mass is 233 g/mol. The van der Waals surface area contributed by atoms with Crippen molar-refractivity contribution < 1.29 is 0 Å². The first kappa shape index (κ1) is 9.35. The molecule has 5 nitrogen and oxygen atoms in total. The number of nitrogens with zero attached hydrogens (tertiary/aromatic N) is 3. The Labute approximate surface area is 95.8 Å².